The van der Waals surface area contributed by atoms with Crippen molar-refractivity contribution in [2.24, 2.45) is 0 Å². The summed E-state index contributed by atoms with van der Waals surface area (Å²) in [4.78, 5) is 10.6. The molecule has 132 valence electrons. The average Bonchev–Trinajstić information content (AvgIpc) is 3.09. The van der Waals surface area contributed by atoms with Crippen molar-refractivity contribution in [2.45, 2.75) is 37.4 Å². The summed E-state index contributed by atoms with van der Waals surface area (Å²) < 4.78 is 16.8. The SMILES string of the molecule is C[C@H](O)CNc1cc(O[C@H]2CO[C@H]3[C@@H]2OC[C@@H]3O)ccc1[N+](=O)[O-]. The fourth-order valence-electron chi connectivity index (χ4n) is 2.87. The Hall–Kier alpha value is -1.94. The number of hydrogen-bond donors (Lipinski definition) is 3. The maximum atomic E-state index is 11.1. The molecule has 1 aromatic rings. The number of nitro groups is 1. The van der Waals surface area contributed by atoms with Crippen LogP contribution < -0.4 is 10.1 Å². The zero-order chi connectivity index (χ0) is 17.3. The Morgan fingerprint density at radius 2 is 2.17 bits per heavy atom. The molecule has 2 saturated heterocycles. The number of nitro benzene ring substituents is 1. The first kappa shape index (κ1) is 16.9. The fourth-order valence-corrected chi connectivity index (χ4v) is 2.87. The van der Waals surface area contributed by atoms with Gasteiger partial charge in [-0.05, 0) is 13.0 Å². The molecule has 24 heavy (non-hydrogen) atoms. The molecule has 3 N–H and O–H groups in total. The summed E-state index contributed by atoms with van der Waals surface area (Å²) in [5, 5.41) is 33.0. The summed E-state index contributed by atoms with van der Waals surface area (Å²) in [7, 11) is 0. The summed E-state index contributed by atoms with van der Waals surface area (Å²) >= 11 is 0. The van der Waals surface area contributed by atoms with Gasteiger partial charge in [-0.25, -0.2) is 0 Å². The van der Waals surface area contributed by atoms with Gasteiger partial charge in [0.1, 0.15) is 29.7 Å². The van der Waals surface area contributed by atoms with E-state index in [9.17, 15) is 20.3 Å². The number of nitrogens with one attached hydrogen (secondary N) is 1. The van der Waals surface area contributed by atoms with Crippen molar-refractivity contribution in [3.8, 4) is 5.75 Å². The maximum Gasteiger partial charge on any atom is 0.292 e. The first-order valence-corrected chi connectivity index (χ1v) is 7.74. The van der Waals surface area contributed by atoms with Crippen LogP contribution in [0.2, 0.25) is 0 Å². The van der Waals surface area contributed by atoms with Crippen molar-refractivity contribution in [1.82, 2.24) is 0 Å². The molecule has 0 radical (unpaired) electrons. The van der Waals surface area contributed by atoms with Crippen molar-refractivity contribution >= 4 is 11.4 Å². The van der Waals surface area contributed by atoms with Gasteiger partial charge in [-0.2, -0.15) is 0 Å². The molecule has 1 aromatic carbocycles. The van der Waals surface area contributed by atoms with E-state index in [-0.39, 0.29) is 37.2 Å². The van der Waals surface area contributed by atoms with Gasteiger partial charge in [0.15, 0.2) is 6.10 Å². The second-order valence-electron chi connectivity index (χ2n) is 5.99. The maximum absolute atomic E-state index is 11.1. The Morgan fingerprint density at radius 3 is 2.88 bits per heavy atom. The number of fused-ring (bicyclic) bond motifs is 1. The minimum absolute atomic E-state index is 0.101. The number of hydrogen-bond acceptors (Lipinski definition) is 8. The molecule has 0 aromatic heterocycles. The van der Waals surface area contributed by atoms with Gasteiger partial charge in [0.05, 0.1) is 24.2 Å². The summed E-state index contributed by atoms with van der Waals surface area (Å²) in [6.07, 6.45) is -2.46. The Kier molecular flexibility index (Phi) is 4.86. The van der Waals surface area contributed by atoms with Crippen molar-refractivity contribution in [3.63, 3.8) is 0 Å². The predicted octanol–water partition coefficient (Wildman–Crippen LogP) is 0.293. The van der Waals surface area contributed by atoms with E-state index >= 15 is 0 Å². The van der Waals surface area contributed by atoms with Gasteiger partial charge in [-0.15, -0.1) is 0 Å². The lowest BCUT2D eigenvalue weighted by atomic mass is 10.1. The van der Waals surface area contributed by atoms with E-state index in [1.807, 2.05) is 0 Å². The van der Waals surface area contributed by atoms with Crippen LogP contribution in [-0.4, -0.2) is 65.4 Å². The van der Waals surface area contributed by atoms with Crippen LogP contribution in [0.4, 0.5) is 11.4 Å². The van der Waals surface area contributed by atoms with E-state index in [1.165, 1.54) is 18.2 Å². The van der Waals surface area contributed by atoms with E-state index in [2.05, 4.69) is 5.32 Å². The molecule has 0 aliphatic carbocycles. The number of aliphatic hydroxyl groups excluding tert-OH is 2. The van der Waals surface area contributed by atoms with Crippen LogP contribution in [0.15, 0.2) is 18.2 Å². The normalized spacial score (nSPS) is 30.0. The van der Waals surface area contributed by atoms with Gasteiger partial charge in [0.2, 0.25) is 0 Å². The van der Waals surface area contributed by atoms with Gasteiger partial charge < -0.3 is 29.7 Å². The largest absolute Gasteiger partial charge is 0.485 e. The molecule has 9 nitrogen and oxygen atoms in total. The molecule has 2 fully saturated rings. The summed E-state index contributed by atoms with van der Waals surface area (Å²) in [5.41, 5.74) is 0.164. The molecule has 0 unspecified atom stereocenters. The van der Waals surface area contributed by atoms with Crippen LogP contribution in [0.25, 0.3) is 0 Å². The molecular weight excluding hydrogens is 320 g/mol. The second-order valence-corrected chi connectivity index (χ2v) is 5.99. The van der Waals surface area contributed by atoms with Crippen LogP contribution in [0, 0.1) is 10.1 Å². The Balaban J connectivity index is 1.74. The number of ether oxygens (including phenoxy) is 3. The third-order valence-corrected chi connectivity index (χ3v) is 4.02. The Labute approximate surface area is 138 Å². The second kappa shape index (κ2) is 6.89. The zero-order valence-electron chi connectivity index (χ0n) is 13.1. The van der Waals surface area contributed by atoms with Crippen LogP contribution in [0.5, 0.6) is 5.75 Å². The number of benzene rings is 1. The van der Waals surface area contributed by atoms with Gasteiger partial charge in [0, 0.05) is 18.7 Å². The van der Waals surface area contributed by atoms with E-state index in [0.29, 0.717) is 5.75 Å². The minimum Gasteiger partial charge on any atom is -0.485 e. The lowest BCUT2D eigenvalue weighted by Gasteiger charge is -2.18. The predicted molar refractivity (Wildman–Crippen MR) is 83.2 cm³/mol. The zero-order valence-corrected chi connectivity index (χ0v) is 13.1. The lowest BCUT2D eigenvalue weighted by molar-refractivity contribution is -0.384. The number of aliphatic hydroxyl groups is 2. The van der Waals surface area contributed by atoms with Crippen LogP contribution in [0.3, 0.4) is 0 Å². The molecule has 0 amide bonds. The number of nitrogens with zero attached hydrogens (tertiary/aromatic N) is 1. The van der Waals surface area contributed by atoms with Crippen LogP contribution in [0.1, 0.15) is 6.92 Å². The fraction of sp³-hybridized carbons (Fsp3) is 0.600. The summed E-state index contributed by atoms with van der Waals surface area (Å²) in [5.74, 6) is 0.424. The minimum atomic E-state index is -0.663. The Morgan fingerprint density at radius 1 is 1.42 bits per heavy atom. The van der Waals surface area contributed by atoms with Gasteiger partial charge in [-0.3, -0.25) is 10.1 Å². The third-order valence-electron chi connectivity index (χ3n) is 4.02. The van der Waals surface area contributed by atoms with Crippen molar-refractivity contribution in [3.05, 3.63) is 28.3 Å². The van der Waals surface area contributed by atoms with E-state index in [0.717, 1.165) is 0 Å². The third kappa shape index (κ3) is 3.44. The molecule has 2 aliphatic heterocycles. The van der Waals surface area contributed by atoms with Crippen molar-refractivity contribution in [1.29, 1.82) is 0 Å². The quantitative estimate of drug-likeness (QED) is 0.499. The lowest BCUT2D eigenvalue weighted by Crippen LogP contribution is -2.34. The van der Waals surface area contributed by atoms with Crippen LogP contribution in [-0.2, 0) is 9.47 Å². The molecule has 2 aliphatic rings. The average molecular weight is 340 g/mol. The van der Waals surface area contributed by atoms with E-state index < -0.39 is 29.3 Å². The molecule has 0 spiro atoms. The van der Waals surface area contributed by atoms with E-state index in [1.54, 1.807) is 6.92 Å². The van der Waals surface area contributed by atoms with Gasteiger partial charge >= 0.3 is 0 Å². The molecule has 5 atom stereocenters. The summed E-state index contributed by atoms with van der Waals surface area (Å²) in [6.45, 7) is 2.24. The number of anilines is 1. The molecule has 0 bridgehead atoms. The standard InChI is InChI=1S/C15H20N2O7/c1-8(18)5-16-10-4-9(2-3-11(10)17(20)21)24-13-7-23-14-12(19)6-22-15(13)14/h2-4,8,12-16,18-19H,5-7H2,1H3/t8-,12-,13-,14+,15+/m0/s1. The highest BCUT2D eigenvalue weighted by Gasteiger charge is 2.48. The first-order valence-electron chi connectivity index (χ1n) is 7.74. The van der Waals surface area contributed by atoms with Gasteiger partial charge in [0.25, 0.3) is 5.69 Å². The molecule has 0 saturated carbocycles. The smallest absolute Gasteiger partial charge is 0.292 e. The number of rotatable bonds is 6. The molecule has 3 rings (SSSR count). The van der Waals surface area contributed by atoms with E-state index in [4.69, 9.17) is 14.2 Å². The molecular formula is C15H20N2O7. The topological polar surface area (TPSA) is 123 Å². The monoisotopic (exact) mass is 340 g/mol. The molecule has 9 heteroatoms. The Bertz CT molecular complexity index is 609. The van der Waals surface area contributed by atoms with Crippen LogP contribution >= 0.6 is 0 Å². The molecule has 2 heterocycles. The highest BCUT2D eigenvalue weighted by atomic mass is 16.6. The highest BCUT2D eigenvalue weighted by molar-refractivity contribution is 5.64. The van der Waals surface area contributed by atoms with Crippen molar-refractivity contribution < 1.29 is 29.3 Å². The van der Waals surface area contributed by atoms with Gasteiger partial charge in [-0.1, -0.05) is 0 Å². The van der Waals surface area contributed by atoms with Crippen molar-refractivity contribution in [2.75, 3.05) is 25.1 Å². The first-order chi connectivity index (χ1) is 11.5. The highest BCUT2D eigenvalue weighted by Crippen LogP contribution is 2.33. The summed E-state index contributed by atoms with van der Waals surface area (Å²) in [6, 6.07) is 4.36.